The van der Waals surface area contributed by atoms with Crippen molar-refractivity contribution in [3.63, 3.8) is 0 Å². The number of amides is 1. The Morgan fingerprint density at radius 3 is 2.62 bits per heavy atom. The number of halogens is 1. The molecule has 8 heteroatoms. The molecule has 0 saturated heterocycles. The molecule has 0 saturated carbocycles. The van der Waals surface area contributed by atoms with Crippen LogP contribution in [0.15, 0.2) is 59.6 Å². The third-order valence-corrected chi connectivity index (χ3v) is 5.65. The van der Waals surface area contributed by atoms with E-state index in [-0.39, 0.29) is 5.69 Å². The number of nitrogens with zero attached hydrogens (tertiary/aromatic N) is 2. The largest absolute Gasteiger partial charge is 0.322 e. The first-order valence-corrected chi connectivity index (χ1v) is 9.11. The number of rotatable bonds is 4. The van der Waals surface area contributed by atoms with E-state index >= 15 is 0 Å². The Hall–Kier alpha value is -2.84. The lowest BCUT2D eigenvalue weighted by atomic mass is 10.1. The smallest absolute Gasteiger partial charge is 0.255 e. The second kappa shape index (κ2) is 6.81. The molecule has 0 radical (unpaired) electrons. The highest BCUT2D eigenvalue weighted by Gasteiger charge is 2.22. The topological polar surface area (TPSA) is 79.4 Å². The van der Waals surface area contributed by atoms with E-state index in [2.05, 4.69) is 10.3 Å². The van der Waals surface area contributed by atoms with Crippen LogP contribution in [-0.2, 0) is 10.0 Å². The van der Waals surface area contributed by atoms with E-state index in [4.69, 9.17) is 0 Å². The number of carbonyl (C=O) groups excluding carboxylic acids is 1. The third-order valence-electron chi connectivity index (χ3n) is 3.82. The van der Waals surface area contributed by atoms with Crippen LogP contribution >= 0.6 is 0 Å². The van der Waals surface area contributed by atoms with Gasteiger partial charge in [0.05, 0.1) is 5.52 Å². The first-order chi connectivity index (χ1) is 12.3. The molecule has 1 amide bonds. The van der Waals surface area contributed by atoms with Crippen LogP contribution in [0.4, 0.5) is 10.1 Å². The van der Waals surface area contributed by atoms with Crippen molar-refractivity contribution in [2.24, 2.45) is 0 Å². The zero-order valence-electron chi connectivity index (χ0n) is 14.1. The zero-order chi connectivity index (χ0) is 18.9. The number of aromatic nitrogens is 1. The Bertz CT molecular complexity index is 1100. The van der Waals surface area contributed by atoms with Gasteiger partial charge in [0.2, 0.25) is 10.0 Å². The van der Waals surface area contributed by atoms with Gasteiger partial charge in [-0.1, -0.05) is 12.1 Å². The van der Waals surface area contributed by atoms with Crippen molar-refractivity contribution < 1.29 is 17.6 Å². The van der Waals surface area contributed by atoms with Crippen LogP contribution in [0.5, 0.6) is 0 Å². The molecule has 0 bridgehead atoms. The first kappa shape index (κ1) is 18.0. The van der Waals surface area contributed by atoms with Crippen molar-refractivity contribution in [2.45, 2.75) is 4.90 Å². The van der Waals surface area contributed by atoms with Gasteiger partial charge in [0.15, 0.2) is 0 Å². The van der Waals surface area contributed by atoms with E-state index in [0.717, 1.165) is 21.8 Å². The van der Waals surface area contributed by atoms with Gasteiger partial charge in [-0.25, -0.2) is 17.1 Å². The maximum absolute atomic E-state index is 13.9. The summed E-state index contributed by atoms with van der Waals surface area (Å²) in [6.45, 7) is 0. The summed E-state index contributed by atoms with van der Waals surface area (Å²) >= 11 is 0. The molecule has 2 aromatic carbocycles. The number of hydrogen-bond donors (Lipinski definition) is 1. The summed E-state index contributed by atoms with van der Waals surface area (Å²) in [6.07, 6.45) is 1.63. The number of hydrogen-bond acceptors (Lipinski definition) is 4. The van der Waals surface area contributed by atoms with Crippen molar-refractivity contribution in [1.82, 2.24) is 9.29 Å². The van der Waals surface area contributed by atoms with Crippen LogP contribution in [0.2, 0.25) is 0 Å². The fourth-order valence-electron chi connectivity index (χ4n) is 2.39. The number of carbonyl (C=O) groups is 1. The number of anilines is 1. The molecule has 1 aromatic heterocycles. The Labute approximate surface area is 150 Å². The van der Waals surface area contributed by atoms with Crippen molar-refractivity contribution in [3.05, 3.63) is 66.1 Å². The van der Waals surface area contributed by atoms with Crippen molar-refractivity contribution >= 4 is 32.5 Å². The second-order valence-electron chi connectivity index (χ2n) is 5.80. The first-order valence-electron chi connectivity index (χ1n) is 7.67. The minimum atomic E-state index is -3.96. The van der Waals surface area contributed by atoms with Crippen molar-refractivity contribution in [2.75, 3.05) is 19.4 Å². The summed E-state index contributed by atoms with van der Waals surface area (Å²) in [5, 5.41) is 3.48. The highest BCUT2D eigenvalue weighted by atomic mass is 32.2. The van der Waals surface area contributed by atoms with Gasteiger partial charge in [-0.3, -0.25) is 9.78 Å². The van der Waals surface area contributed by atoms with Gasteiger partial charge in [-0.2, -0.15) is 0 Å². The average Bonchev–Trinajstić information content (AvgIpc) is 2.62. The SMILES string of the molecule is CN(C)S(=O)(=O)c1cc(NC(=O)c2ccc3cccnc3c2)ccc1F. The molecule has 0 aliphatic rings. The van der Waals surface area contributed by atoms with Gasteiger partial charge >= 0.3 is 0 Å². The summed E-state index contributed by atoms with van der Waals surface area (Å²) in [5.74, 6) is -1.33. The van der Waals surface area contributed by atoms with Crippen LogP contribution in [0.3, 0.4) is 0 Å². The lowest BCUT2D eigenvalue weighted by Crippen LogP contribution is -2.23. The summed E-state index contributed by atoms with van der Waals surface area (Å²) < 4.78 is 39.2. The number of benzene rings is 2. The van der Waals surface area contributed by atoms with Crippen LogP contribution in [0, 0.1) is 5.82 Å². The summed E-state index contributed by atoms with van der Waals surface area (Å²) in [4.78, 5) is 16.1. The molecule has 1 heterocycles. The predicted molar refractivity (Wildman–Crippen MR) is 97.0 cm³/mol. The van der Waals surface area contributed by atoms with Crippen LogP contribution in [0.1, 0.15) is 10.4 Å². The third kappa shape index (κ3) is 3.42. The molecular weight excluding hydrogens is 357 g/mol. The minimum absolute atomic E-state index is 0.179. The quantitative estimate of drug-likeness (QED) is 0.763. The predicted octanol–water partition coefficient (Wildman–Crippen LogP) is 2.88. The van der Waals surface area contributed by atoms with Gasteiger partial charge in [0.1, 0.15) is 10.7 Å². The lowest BCUT2D eigenvalue weighted by Gasteiger charge is -2.13. The molecule has 0 aliphatic heterocycles. The van der Waals surface area contributed by atoms with Gasteiger partial charge in [-0.05, 0) is 36.4 Å². The van der Waals surface area contributed by atoms with Crippen LogP contribution in [-0.4, -0.2) is 37.7 Å². The maximum atomic E-state index is 13.9. The van der Waals surface area contributed by atoms with E-state index < -0.39 is 26.6 Å². The molecule has 0 unspecified atom stereocenters. The Kier molecular flexibility index (Phi) is 4.71. The lowest BCUT2D eigenvalue weighted by molar-refractivity contribution is 0.102. The highest BCUT2D eigenvalue weighted by Crippen LogP contribution is 2.22. The van der Waals surface area contributed by atoms with E-state index in [1.54, 1.807) is 30.5 Å². The van der Waals surface area contributed by atoms with Gasteiger partial charge in [0.25, 0.3) is 5.91 Å². The van der Waals surface area contributed by atoms with Crippen LogP contribution < -0.4 is 5.32 Å². The molecule has 0 spiro atoms. The van der Waals surface area contributed by atoms with E-state index in [1.807, 2.05) is 6.07 Å². The molecule has 26 heavy (non-hydrogen) atoms. The molecule has 1 N–H and O–H groups in total. The van der Waals surface area contributed by atoms with Crippen LogP contribution in [0.25, 0.3) is 10.9 Å². The zero-order valence-corrected chi connectivity index (χ0v) is 14.9. The fourth-order valence-corrected chi connectivity index (χ4v) is 3.37. The van der Waals surface area contributed by atoms with Crippen molar-refractivity contribution in [3.8, 4) is 0 Å². The number of pyridine rings is 1. The van der Waals surface area contributed by atoms with E-state index in [1.165, 1.54) is 20.2 Å². The van der Waals surface area contributed by atoms with Crippen molar-refractivity contribution in [1.29, 1.82) is 0 Å². The molecule has 0 aliphatic carbocycles. The molecule has 0 atom stereocenters. The molecule has 0 fully saturated rings. The van der Waals surface area contributed by atoms with E-state index in [9.17, 15) is 17.6 Å². The molecule has 3 rings (SSSR count). The Morgan fingerprint density at radius 2 is 1.88 bits per heavy atom. The molecule has 3 aromatic rings. The standard InChI is InChI=1S/C18H16FN3O3S/c1-22(2)26(24,25)17-11-14(7-8-15(17)19)21-18(23)13-6-5-12-4-3-9-20-16(12)10-13/h3-11H,1-2H3,(H,21,23). The summed E-state index contributed by atoms with van der Waals surface area (Å²) in [6, 6.07) is 12.1. The highest BCUT2D eigenvalue weighted by molar-refractivity contribution is 7.89. The van der Waals surface area contributed by atoms with E-state index in [0.29, 0.717) is 11.1 Å². The maximum Gasteiger partial charge on any atom is 0.255 e. The molecule has 6 nitrogen and oxygen atoms in total. The Balaban J connectivity index is 1.91. The number of nitrogens with one attached hydrogen (secondary N) is 1. The summed E-state index contributed by atoms with van der Waals surface area (Å²) in [5.41, 5.74) is 1.20. The van der Waals surface area contributed by atoms with Gasteiger partial charge in [-0.15, -0.1) is 0 Å². The fraction of sp³-hybridized carbons (Fsp3) is 0.111. The normalized spacial score (nSPS) is 11.7. The number of fused-ring (bicyclic) bond motifs is 1. The Morgan fingerprint density at radius 1 is 1.12 bits per heavy atom. The molecular formula is C18H16FN3O3S. The second-order valence-corrected chi connectivity index (χ2v) is 7.92. The average molecular weight is 373 g/mol. The minimum Gasteiger partial charge on any atom is -0.322 e. The molecule has 134 valence electrons. The summed E-state index contributed by atoms with van der Waals surface area (Å²) in [7, 11) is -1.35. The number of sulfonamides is 1. The van der Waals surface area contributed by atoms with Gasteiger partial charge in [0, 0.05) is 36.9 Å². The monoisotopic (exact) mass is 373 g/mol. The van der Waals surface area contributed by atoms with Gasteiger partial charge < -0.3 is 5.32 Å².